The number of nitrogens with one attached hydrogen (secondary N) is 2. The molecule has 0 bridgehead atoms. The Bertz CT molecular complexity index is 1530. The van der Waals surface area contributed by atoms with Crippen LogP contribution in [0.3, 0.4) is 0 Å². The van der Waals surface area contributed by atoms with E-state index >= 15 is 0 Å². The second kappa shape index (κ2) is 11.7. The molecule has 2 aromatic heterocycles. The minimum absolute atomic E-state index is 0.00647. The molecule has 0 radical (unpaired) electrons. The molecule has 2 heterocycles. The number of nitrogen functional groups attached to an aromatic ring is 1. The molecule has 2 aromatic carbocycles. The Morgan fingerprint density at radius 1 is 1.18 bits per heavy atom. The molecule has 4 N–H and O–H groups in total. The van der Waals surface area contributed by atoms with E-state index in [1.165, 1.54) is 18.0 Å². The van der Waals surface area contributed by atoms with E-state index < -0.39 is 25.3 Å². The quantitative estimate of drug-likeness (QED) is 0.136. The lowest BCUT2D eigenvalue weighted by Crippen LogP contribution is -2.41. The molecule has 0 aliphatic heterocycles. The molecule has 38 heavy (non-hydrogen) atoms. The number of ether oxygens (including phenoxy) is 2. The topological polar surface area (TPSA) is 173 Å². The summed E-state index contributed by atoms with van der Waals surface area (Å²) in [4.78, 5) is 34.8. The van der Waals surface area contributed by atoms with Crippen LogP contribution in [-0.4, -0.2) is 51.9 Å². The molecule has 0 aliphatic carbocycles. The van der Waals surface area contributed by atoms with Crippen molar-refractivity contribution in [2.75, 3.05) is 26.1 Å². The normalized spacial score (nSPS) is 14.0. The van der Waals surface area contributed by atoms with Crippen LogP contribution in [0.4, 0.5) is 5.95 Å². The van der Waals surface area contributed by atoms with Crippen LogP contribution < -0.4 is 20.9 Å². The van der Waals surface area contributed by atoms with Gasteiger partial charge in [-0.05, 0) is 17.4 Å². The molecule has 0 saturated heterocycles. The van der Waals surface area contributed by atoms with Crippen molar-refractivity contribution in [1.82, 2.24) is 24.6 Å². The van der Waals surface area contributed by atoms with Gasteiger partial charge in [-0.2, -0.15) is 10.1 Å². The van der Waals surface area contributed by atoms with E-state index in [1.54, 1.807) is 26.0 Å². The van der Waals surface area contributed by atoms with Crippen molar-refractivity contribution in [1.29, 1.82) is 0 Å². The van der Waals surface area contributed by atoms with Crippen LogP contribution >= 0.6 is 7.75 Å². The second-order valence-electron chi connectivity index (χ2n) is 8.65. The van der Waals surface area contributed by atoms with Crippen LogP contribution in [0.25, 0.3) is 21.9 Å². The van der Waals surface area contributed by atoms with Crippen LogP contribution in [0.2, 0.25) is 0 Å². The van der Waals surface area contributed by atoms with Gasteiger partial charge in [-0.15, -0.1) is 0 Å². The summed E-state index contributed by atoms with van der Waals surface area (Å²) in [6.45, 7) is 3.38. The van der Waals surface area contributed by atoms with Gasteiger partial charge in [0.2, 0.25) is 5.95 Å². The van der Waals surface area contributed by atoms with Crippen molar-refractivity contribution < 1.29 is 27.9 Å². The van der Waals surface area contributed by atoms with Gasteiger partial charge in [0, 0.05) is 5.39 Å². The number of nitrogens with zero attached hydrogens (tertiary/aromatic N) is 3. The Kier molecular flexibility index (Phi) is 8.42. The maximum Gasteiger partial charge on any atom is 0.459 e. The number of aromatic amines is 1. The molecule has 0 saturated carbocycles. The zero-order valence-electron chi connectivity index (χ0n) is 21.1. The average molecular weight is 545 g/mol. The maximum absolute atomic E-state index is 13.9. The second-order valence-corrected chi connectivity index (χ2v) is 10.3. The molecule has 2 atom stereocenters. The molecule has 0 spiro atoms. The predicted molar refractivity (Wildman–Crippen MR) is 140 cm³/mol. The van der Waals surface area contributed by atoms with Gasteiger partial charge in [0.1, 0.15) is 18.5 Å². The van der Waals surface area contributed by atoms with E-state index in [0.29, 0.717) is 5.75 Å². The highest BCUT2D eigenvalue weighted by Gasteiger charge is 2.36. The predicted octanol–water partition coefficient (Wildman–Crippen LogP) is 2.82. The first-order valence-electron chi connectivity index (χ1n) is 11.8. The number of anilines is 1. The standard InChI is InChI=1S/C24H29N6O7P/c1-15(2)19(23(32)34-3)29-38(33,37-18-10-6-8-16-7-4-5-9-17(16)18)36-12-11-35-14-30-13-26-20-21(30)27-24(25)28-22(20)31/h4-10,13,15,19H,11-12,14H2,1-3H3,(H,29,33)(H3,25,27,28,31)/t19-,38?/m1/s1. The van der Waals surface area contributed by atoms with E-state index in [1.807, 2.05) is 30.3 Å². The summed E-state index contributed by atoms with van der Waals surface area (Å²) in [5, 5.41) is 4.35. The lowest BCUT2D eigenvalue weighted by molar-refractivity contribution is -0.143. The van der Waals surface area contributed by atoms with E-state index in [4.69, 9.17) is 24.3 Å². The number of H-pyrrole nitrogens is 1. The van der Waals surface area contributed by atoms with Gasteiger partial charge >= 0.3 is 13.7 Å². The number of hydrogen-bond acceptors (Lipinski definition) is 10. The van der Waals surface area contributed by atoms with Gasteiger partial charge in [-0.1, -0.05) is 50.2 Å². The molecule has 0 fully saturated rings. The number of nitrogens with two attached hydrogens (primary N) is 1. The van der Waals surface area contributed by atoms with E-state index in [2.05, 4.69) is 20.0 Å². The zero-order chi connectivity index (χ0) is 27.3. The molecular weight excluding hydrogens is 515 g/mol. The Morgan fingerprint density at radius 3 is 2.71 bits per heavy atom. The van der Waals surface area contributed by atoms with Crippen LogP contribution in [0.1, 0.15) is 13.8 Å². The largest absolute Gasteiger partial charge is 0.468 e. The zero-order valence-corrected chi connectivity index (χ0v) is 22.0. The third-order valence-corrected chi connectivity index (χ3v) is 7.15. The lowest BCUT2D eigenvalue weighted by Gasteiger charge is -2.26. The number of methoxy groups -OCH3 is 1. The number of hydrogen-bond donors (Lipinski definition) is 3. The van der Waals surface area contributed by atoms with Crippen LogP contribution in [0.15, 0.2) is 53.6 Å². The Balaban J connectivity index is 1.48. The van der Waals surface area contributed by atoms with Crippen LogP contribution in [-0.2, 0) is 30.1 Å². The smallest absolute Gasteiger partial charge is 0.459 e. The number of carbonyl (C=O) groups excluding carboxylic acids is 1. The third kappa shape index (κ3) is 6.20. The molecule has 0 aliphatic rings. The van der Waals surface area contributed by atoms with Gasteiger partial charge in [0.25, 0.3) is 5.56 Å². The lowest BCUT2D eigenvalue weighted by atomic mass is 10.1. The van der Waals surface area contributed by atoms with E-state index in [-0.39, 0.29) is 43.0 Å². The Hall–Kier alpha value is -3.77. The summed E-state index contributed by atoms with van der Waals surface area (Å²) in [5.74, 6) is -0.596. The number of rotatable bonds is 12. The van der Waals surface area contributed by atoms with E-state index in [9.17, 15) is 14.2 Å². The molecule has 4 aromatic rings. The average Bonchev–Trinajstić information content (AvgIpc) is 3.30. The highest BCUT2D eigenvalue weighted by atomic mass is 31.2. The molecule has 1 unspecified atom stereocenters. The monoisotopic (exact) mass is 544 g/mol. The first-order valence-corrected chi connectivity index (χ1v) is 13.3. The minimum Gasteiger partial charge on any atom is -0.468 e. The van der Waals surface area contributed by atoms with Crippen molar-refractivity contribution in [3.63, 3.8) is 0 Å². The molecule has 14 heteroatoms. The molecular formula is C24H29N6O7P. The summed E-state index contributed by atoms with van der Waals surface area (Å²) < 4.78 is 37.5. The molecule has 13 nitrogen and oxygen atoms in total. The van der Waals surface area contributed by atoms with Crippen molar-refractivity contribution in [3.05, 3.63) is 59.1 Å². The molecule has 202 valence electrons. The number of esters is 1. The molecule has 4 rings (SSSR count). The first-order chi connectivity index (χ1) is 18.2. The van der Waals surface area contributed by atoms with Gasteiger partial charge in [-0.3, -0.25) is 23.7 Å². The Morgan fingerprint density at radius 2 is 1.95 bits per heavy atom. The number of imidazole rings is 1. The summed E-state index contributed by atoms with van der Waals surface area (Å²) in [7, 11) is -2.85. The maximum atomic E-state index is 13.9. The number of carbonyl (C=O) groups is 1. The summed E-state index contributed by atoms with van der Waals surface area (Å²) >= 11 is 0. The van der Waals surface area contributed by atoms with Gasteiger partial charge in [0.15, 0.2) is 11.2 Å². The summed E-state index contributed by atoms with van der Waals surface area (Å²) in [6, 6.07) is 11.8. The highest BCUT2D eigenvalue weighted by Crippen LogP contribution is 2.47. The first kappa shape index (κ1) is 27.3. The molecule has 0 amide bonds. The summed E-state index contributed by atoms with van der Waals surface area (Å²) in [6.07, 6.45) is 1.40. The van der Waals surface area contributed by atoms with Crippen molar-refractivity contribution >= 4 is 41.6 Å². The van der Waals surface area contributed by atoms with Crippen molar-refractivity contribution in [2.24, 2.45) is 5.92 Å². The van der Waals surface area contributed by atoms with E-state index in [0.717, 1.165) is 10.8 Å². The van der Waals surface area contributed by atoms with Gasteiger partial charge in [-0.25, -0.2) is 9.55 Å². The number of fused-ring (bicyclic) bond motifs is 2. The number of benzene rings is 2. The van der Waals surface area contributed by atoms with Gasteiger partial charge < -0.3 is 19.7 Å². The SMILES string of the molecule is COC(=O)[C@H](NP(=O)(OCCOCn1cnc2c(=O)[nH]c(N)nc21)Oc1cccc2ccccc12)C(C)C. The fourth-order valence-corrected chi connectivity index (χ4v) is 5.37. The van der Waals surface area contributed by atoms with Crippen molar-refractivity contribution in [2.45, 2.75) is 26.6 Å². The Labute approximate surface area is 217 Å². The number of aromatic nitrogens is 4. The highest BCUT2D eigenvalue weighted by molar-refractivity contribution is 7.52. The fraction of sp³-hybridized carbons (Fsp3) is 0.333. The van der Waals surface area contributed by atoms with Crippen LogP contribution in [0, 0.1) is 5.92 Å². The summed E-state index contributed by atoms with van der Waals surface area (Å²) in [5.41, 5.74) is 5.54. The minimum atomic E-state index is -4.10. The van der Waals surface area contributed by atoms with Crippen LogP contribution in [0.5, 0.6) is 5.75 Å². The van der Waals surface area contributed by atoms with Gasteiger partial charge in [0.05, 0.1) is 26.7 Å². The fourth-order valence-electron chi connectivity index (χ4n) is 3.71. The van der Waals surface area contributed by atoms with Crippen molar-refractivity contribution in [3.8, 4) is 5.75 Å². The third-order valence-electron chi connectivity index (χ3n) is 5.60.